The van der Waals surface area contributed by atoms with Crippen molar-refractivity contribution in [2.45, 2.75) is 6.04 Å². The Balaban J connectivity index is 2.72. The lowest BCUT2D eigenvalue weighted by atomic mass is 9.98. The smallest absolute Gasteiger partial charge is 0.124 e. The molecule has 0 aromatic heterocycles. The number of methoxy groups -OCH3 is 1. The largest absolute Gasteiger partial charge is 0.496 e. The molecule has 0 saturated heterocycles. The third-order valence-corrected chi connectivity index (χ3v) is 2.69. The van der Waals surface area contributed by atoms with E-state index in [1.165, 1.54) is 0 Å². The van der Waals surface area contributed by atoms with Gasteiger partial charge in [0.2, 0.25) is 0 Å². The summed E-state index contributed by atoms with van der Waals surface area (Å²) in [4.78, 5) is 0. The summed E-state index contributed by atoms with van der Waals surface area (Å²) in [5.74, 6) is 0.642. The molecule has 0 spiro atoms. The topological polar surface area (TPSA) is 35.2 Å². The van der Waals surface area contributed by atoms with Crippen LogP contribution >= 0.6 is 0 Å². The lowest BCUT2D eigenvalue weighted by molar-refractivity contribution is 0.391. The van der Waals surface area contributed by atoms with E-state index in [0.717, 1.165) is 16.3 Å². The Labute approximate surface area is 93.8 Å². The van der Waals surface area contributed by atoms with Gasteiger partial charge in [0, 0.05) is 5.56 Å². The fourth-order valence-electron chi connectivity index (χ4n) is 1.91. The summed E-state index contributed by atoms with van der Waals surface area (Å²) in [5, 5.41) is 1.99. The molecule has 2 aromatic carbocycles. The molecule has 0 radical (unpaired) electrons. The van der Waals surface area contributed by atoms with Gasteiger partial charge in [-0.25, -0.2) is 4.39 Å². The van der Waals surface area contributed by atoms with Crippen LogP contribution in [0.4, 0.5) is 4.39 Å². The van der Waals surface area contributed by atoms with Gasteiger partial charge in [-0.2, -0.15) is 0 Å². The van der Waals surface area contributed by atoms with Crippen LogP contribution in [0.15, 0.2) is 36.4 Å². The molecule has 2 nitrogen and oxygen atoms in total. The molecule has 0 heterocycles. The quantitative estimate of drug-likeness (QED) is 0.861. The Kier molecular flexibility index (Phi) is 3.06. The molecule has 2 N–H and O–H groups in total. The minimum Gasteiger partial charge on any atom is -0.496 e. The fraction of sp³-hybridized carbons (Fsp3) is 0.231. The first-order valence-corrected chi connectivity index (χ1v) is 5.15. The van der Waals surface area contributed by atoms with E-state index >= 15 is 0 Å². The molecule has 0 bridgehead atoms. The SMILES string of the molecule is COc1ccc2ccccc2c1[C@@H](N)CF. The number of hydrogen-bond acceptors (Lipinski definition) is 2. The van der Waals surface area contributed by atoms with Crippen LogP contribution in [0.2, 0.25) is 0 Å². The maximum Gasteiger partial charge on any atom is 0.124 e. The van der Waals surface area contributed by atoms with Gasteiger partial charge < -0.3 is 10.5 Å². The van der Waals surface area contributed by atoms with Crippen LogP contribution in [0.5, 0.6) is 5.75 Å². The first-order valence-electron chi connectivity index (χ1n) is 5.15. The maximum atomic E-state index is 12.7. The van der Waals surface area contributed by atoms with Crippen LogP contribution in [0.25, 0.3) is 10.8 Å². The number of nitrogens with two attached hydrogens (primary N) is 1. The zero-order chi connectivity index (χ0) is 11.5. The standard InChI is InChI=1S/C13H14FNO/c1-16-12-7-6-9-4-2-3-5-10(9)13(12)11(15)8-14/h2-7,11H,8,15H2,1H3/t11-/m0/s1. The van der Waals surface area contributed by atoms with Crippen LogP contribution in [-0.4, -0.2) is 13.8 Å². The molecule has 0 unspecified atom stereocenters. The second-order valence-electron chi connectivity index (χ2n) is 3.66. The average Bonchev–Trinajstić information content (AvgIpc) is 2.36. The minimum atomic E-state index is -0.638. The maximum absolute atomic E-state index is 12.7. The lowest BCUT2D eigenvalue weighted by Crippen LogP contribution is -2.14. The summed E-state index contributed by atoms with van der Waals surface area (Å²) in [5.41, 5.74) is 6.52. The Hall–Kier alpha value is -1.61. The van der Waals surface area contributed by atoms with Gasteiger partial charge in [-0.15, -0.1) is 0 Å². The van der Waals surface area contributed by atoms with Crippen LogP contribution in [0, 0.1) is 0 Å². The summed E-state index contributed by atoms with van der Waals surface area (Å²) in [6.07, 6.45) is 0. The summed E-state index contributed by atoms with van der Waals surface area (Å²) < 4.78 is 18.0. The highest BCUT2D eigenvalue weighted by Gasteiger charge is 2.15. The molecule has 0 aliphatic carbocycles. The number of hydrogen-bond donors (Lipinski definition) is 1. The summed E-state index contributed by atoms with van der Waals surface area (Å²) in [6, 6.07) is 10.9. The van der Waals surface area contributed by atoms with Crippen LogP contribution in [-0.2, 0) is 0 Å². The van der Waals surface area contributed by atoms with E-state index < -0.39 is 12.7 Å². The average molecular weight is 219 g/mol. The zero-order valence-electron chi connectivity index (χ0n) is 9.11. The summed E-state index contributed by atoms with van der Waals surface area (Å²) >= 11 is 0. The minimum absolute atomic E-state index is 0.593. The van der Waals surface area contributed by atoms with Gasteiger partial charge >= 0.3 is 0 Å². The number of halogens is 1. The van der Waals surface area contributed by atoms with E-state index in [9.17, 15) is 4.39 Å². The molecule has 2 aromatic rings. The molecule has 0 amide bonds. The van der Waals surface area contributed by atoms with Crippen molar-refractivity contribution in [1.29, 1.82) is 0 Å². The summed E-state index contributed by atoms with van der Waals surface area (Å²) in [6.45, 7) is -0.593. The van der Waals surface area contributed by atoms with E-state index in [-0.39, 0.29) is 0 Å². The van der Waals surface area contributed by atoms with Crippen molar-refractivity contribution in [3.05, 3.63) is 42.0 Å². The third kappa shape index (κ3) is 1.74. The molecule has 84 valence electrons. The van der Waals surface area contributed by atoms with Gasteiger partial charge in [0.1, 0.15) is 12.4 Å². The van der Waals surface area contributed by atoms with Crippen LogP contribution < -0.4 is 10.5 Å². The van der Waals surface area contributed by atoms with Gasteiger partial charge in [-0.1, -0.05) is 30.3 Å². The fourth-order valence-corrected chi connectivity index (χ4v) is 1.91. The molecule has 0 fully saturated rings. The Morgan fingerprint density at radius 1 is 1.25 bits per heavy atom. The molecular weight excluding hydrogens is 205 g/mol. The number of fused-ring (bicyclic) bond motifs is 1. The van der Waals surface area contributed by atoms with Gasteiger partial charge in [-0.05, 0) is 16.8 Å². The number of rotatable bonds is 3. The Morgan fingerprint density at radius 2 is 2.00 bits per heavy atom. The van der Waals surface area contributed by atoms with Gasteiger partial charge in [0.05, 0.1) is 13.2 Å². The molecule has 1 atom stereocenters. The lowest BCUT2D eigenvalue weighted by Gasteiger charge is -2.15. The molecule has 0 saturated carbocycles. The van der Waals surface area contributed by atoms with E-state index in [4.69, 9.17) is 10.5 Å². The van der Waals surface area contributed by atoms with Crippen molar-refractivity contribution >= 4 is 10.8 Å². The second kappa shape index (κ2) is 4.49. The predicted octanol–water partition coefficient (Wildman–Crippen LogP) is 2.82. The van der Waals surface area contributed by atoms with Gasteiger partial charge in [-0.3, -0.25) is 0 Å². The number of alkyl halides is 1. The first-order chi connectivity index (χ1) is 7.77. The van der Waals surface area contributed by atoms with E-state index in [1.807, 2.05) is 36.4 Å². The summed E-state index contributed by atoms with van der Waals surface area (Å²) in [7, 11) is 1.57. The molecular formula is C13H14FNO. The first kappa shape index (κ1) is 10.9. The van der Waals surface area contributed by atoms with Crippen molar-refractivity contribution < 1.29 is 9.13 Å². The second-order valence-corrected chi connectivity index (χ2v) is 3.66. The number of ether oxygens (including phenoxy) is 1. The van der Waals surface area contributed by atoms with Gasteiger partial charge in [0.15, 0.2) is 0 Å². The molecule has 0 aliphatic rings. The highest BCUT2D eigenvalue weighted by Crippen LogP contribution is 2.32. The van der Waals surface area contributed by atoms with Crippen LogP contribution in [0.3, 0.4) is 0 Å². The zero-order valence-corrected chi connectivity index (χ0v) is 9.11. The van der Waals surface area contributed by atoms with E-state index in [1.54, 1.807) is 7.11 Å². The van der Waals surface area contributed by atoms with E-state index in [0.29, 0.717) is 5.75 Å². The van der Waals surface area contributed by atoms with Crippen molar-refractivity contribution in [3.63, 3.8) is 0 Å². The predicted molar refractivity (Wildman–Crippen MR) is 63.4 cm³/mol. The van der Waals surface area contributed by atoms with E-state index in [2.05, 4.69) is 0 Å². The van der Waals surface area contributed by atoms with Crippen molar-refractivity contribution in [1.82, 2.24) is 0 Å². The molecule has 0 aliphatic heterocycles. The molecule has 3 heteroatoms. The normalized spacial score (nSPS) is 12.7. The third-order valence-electron chi connectivity index (χ3n) is 2.69. The van der Waals surface area contributed by atoms with Gasteiger partial charge in [0.25, 0.3) is 0 Å². The monoisotopic (exact) mass is 219 g/mol. The Bertz CT molecular complexity index is 498. The molecule has 16 heavy (non-hydrogen) atoms. The molecule has 2 rings (SSSR count). The van der Waals surface area contributed by atoms with Crippen molar-refractivity contribution in [3.8, 4) is 5.75 Å². The Morgan fingerprint density at radius 3 is 2.69 bits per heavy atom. The van der Waals surface area contributed by atoms with Crippen LogP contribution in [0.1, 0.15) is 11.6 Å². The number of benzene rings is 2. The van der Waals surface area contributed by atoms with Crippen molar-refractivity contribution in [2.24, 2.45) is 5.73 Å². The van der Waals surface area contributed by atoms with Crippen molar-refractivity contribution in [2.75, 3.05) is 13.8 Å². The highest BCUT2D eigenvalue weighted by molar-refractivity contribution is 5.88. The highest BCUT2D eigenvalue weighted by atomic mass is 19.1.